The minimum absolute atomic E-state index is 0.259. The maximum atomic E-state index is 10.8. The van der Waals surface area contributed by atoms with Crippen molar-refractivity contribution >= 4 is 29.2 Å². The van der Waals surface area contributed by atoms with Crippen molar-refractivity contribution in [3.05, 3.63) is 70.0 Å². The van der Waals surface area contributed by atoms with E-state index in [2.05, 4.69) is 5.10 Å². The fraction of sp³-hybridized carbons (Fsp3) is 0.111. The standard InChI is InChI=1S/C18H14Cl2N2O2/c1-11-16(10-17(23)24)18(20)22(21-11)15-7-5-12(6-8-15)13-3-2-4-14(19)9-13/h2-9H,10H2,1H3,(H,23,24)/p-1. The van der Waals surface area contributed by atoms with Gasteiger partial charge in [-0.25, -0.2) is 4.68 Å². The van der Waals surface area contributed by atoms with E-state index in [1.54, 1.807) is 6.92 Å². The number of carbonyl (C=O) groups excluding carboxylic acids is 1. The summed E-state index contributed by atoms with van der Waals surface area (Å²) >= 11 is 12.3. The first kappa shape index (κ1) is 16.6. The van der Waals surface area contributed by atoms with E-state index in [0.29, 0.717) is 16.3 Å². The Morgan fingerprint density at radius 2 is 1.83 bits per heavy atom. The van der Waals surface area contributed by atoms with Crippen LogP contribution in [0.4, 0.5) is 0 Å². The van der Waals surface area contributed by atoms with Crippen LogP contribution in [-0.2, 0) is 11.2 Å². The van der Waals surface area contributed by atoms with E-state index in [4.69, 9.17) is 23.2 Å². The highest BCUT2D eigenvalue weighted by molar-refractivity contribution is 6.31. The number of hydrogen-bond donors (Lipinski definition) is 0. The molecule has 0 radical (unpaired) electrons. The zero-order valence-electron chi connectivity index (χ0n) is 12.8. The van der Waals surface area contributed by atoms with Crippen molar-refractivity contribution in [3.8, 4) is 16.8 Å². The van der Waals surface area contributed by atoms with Crippen molar-refractivity contribution in [1.29, 1.82) is 0 Å². The zero-order chi connectivity index (χ0) is 17.3. The van der Waals surface area contributed by atoms with E-state index in [-0.39, 0.29) is 11.6 Å². The molecule has 0 N–H and O–H groups in total. The number of benzene rings is 2. The minimum atomic E-state index is -1.18. The van der Waals surface area contributed by atoms with Gasteiger partial charge in [0.15, 0.2) is 0 Å². The Morgan fingerprint density at radius 3 is 2.46 bits per heavy atom. The fourth-order valence-corrected chi connectivity index (χ4v) is 3.04. The Hall–Kier alpha value is -2.30. The number of nitrogens with zero attached hydrogens (tertiary/aromatic N) is 2. The highest BCUT2D eigenvalue weighted by Gasteiger charge is 2.14. The van der Waals surface area contributed by atoms with Crippen LogP contribution in [0.3, 0.4) is 0 Å². The number of halogens is 2. The van der Waals surface area contributed by atoms with E-state index in [9.17, 15) is 9.90 Å². The van der Waals surface area contributed by atoms with Gasteiger partial charge in [0.1, 0.15) is 5.15 Å². The summed E-state index contributed by atoms with van der Waals surface area (Å²) in [7, 11) is 0. The molecule has 4 nitrogen and oxygen atoms in total. The number of hydrogen-bond acceptors (Lipinski definition) is 3. The van der Waals surface area contributed by atoms with Gasteiger partial charge in [-0.1, -0.05) is 47.5 Å². The van der Waals surface area contributed by atoms with Gasteiger partial charge >= 0.3 is 0 Å². The van der Waals surface area contributed by atoms with Crippen molar-refractivity contribution in [2.24, 2.45) is 0 Å². The fourth-order valence-electron chi connectivity index (χ4n) is 2.51. The lowest BCUT2D eigenvalue weighted by atomic mass is 10.1. The van der Waals surface area contributed by atoms with Crippen LogP contribution in [0.15, 0.2) is 48.5 Å². The maximum absolute atomic E-state index is 10.8. The average Bonchev–Trinajstić information content (AvgIpc) is 2.83. The second kappa shape index (κ2) is 6.67. The Morgan fingerprint density at radius 1 is 1.12 bits per heavy atom. The van der Waals surface area contributed by atoms with Gasteiger partial charge in [-0.3, -0.25) is 0 Å². The first-order chi connectivity index (χ1) is 11.5. The molecule has 0 fully saturated rings. The largest absolute Gasteiger partial charge is 0.550 e. The summed E-state index contributed by atoms with van der Waals surface area (Å²) in [5.74, 6) is -1.18. The smallest absolute Gasteiger partial charge is 0.136 e. The Labute approximate surface area is 149 Å². The number of carboxylic acid groups (broad SMARTS) is 1. The molecule has 0 amide bonds. The van der Waals surface area contributed by atoms with Gasteiger partial charge in [0, 0.05) is 23.0 Å². The number of aryl methyl sites for hydroxylation is 1. The van der Waals surface area contributed by atoms with Gasteiger partial charge in [-0.2, -0.15) is 5.10 Å². The molecule has 0 saturated carbocycles. The molecule has 1 aromatic heterocycles. The number of aliphatic carboxylic acids is 1. The normalized spacial score (nSPS) is 10.8. The Bertz CT molecular complexity index is 902. The molecule has 2 aromatic carbocycles. The predicted octanol–water partition coefficient (Wildman–Crippen LogP) is 3.45. The Balaban J connectivity index is 1.95. The van der Waals surface area contributed by atoms with Gasteiger partial charge in [-0.05, 0) is 42.3 Å². The predicted molar refractivity (Wildman–Crippen MR) is 92.5 cm³/mol. The monoisotopic (exact) mass is 359 g/mol. The Kier molecular flexibility index (Phi) is 4.60. The highest BCUT2D eigenvalue weighted by Crippen LogP contribution is 2.27. The van der Waals surface area contributed by atoms with Gasteiger partial charge in [0.05, 0.1) is 11.4 Å². The quantitative estimate of drug-likeness (QED) is 0.716. The number of aromatic nitrogens is 2. The third kappa shape index (κ3) is 3.30. The van der Waals surface area contributed by atoms with Crippen molar-refractivity contribution in [2.75, 3.05) is 0 Å². The summed E-state index contributed by atoms with van der Waals surface area (Å²) in [4.78, 5) is 10.8. The van der Waals surface area contributed by atoms with Gasteiger partial charge in [0.25, 0.3) is 0 Å². The minimum Gasteiger partial charge on any atom is -0.550 e. The lowest BCUT2D eigenvalue weighted by molar-refractivity contribution is -0.304. The van der Waals surface area contributed by atoms with Crippen molar-refractivity contribution in [2.45, 2.75) is 13.3 Å². The maximum Gasteiger partial charge on any atom is 0.136 e. The van der Waals surface area contributed by atoms with E-state index < -0.39 is 5.97 Å². The van der Waals surface area contributed by atoms with Crippen LogP contribution in [0.5, 0.6) is 0 Å². The van der Waals surface area contributed by atoms with E-state index in [1.807, 2.05) is 48.5 Å². The molecular weight excluding hydrogens is 347 g/mol. The van der Waals surface area contributed by atoms with E-state index >= 15 is 0 Å². The van der Waals surface area contributed by atoms with Crippen LogP contribution in [-0.4, -0.2) is 15.7 Å². The van der Waals surface area contributed by atoms with Crippen LogP contribution < -0.4 is 5.11 Å². The van der Waals surface area contributed by atoms with Crippen molar-refractivity contribution in [3.63, 3.8) is 0 Å². The molecule has 0 bridgehead atoms. The van der Waals surface area contributed by atoms with Crippen LogP contribution in [0.1, 0.15) is 11.3 Å². The summed E-state index contributed by atoms with van der Waals surface area (Å²) in [6.45, 7) is 1.72. The average molecular weight is 360 g/mol. The second-order valence-corrected chi connectivity index (χ2v) is 6.17. The molecule has 0 aliphatic rings. The van der Waals surface area contributed by atoms with Crippen LogP contribution >= 0.6 is 23.2 Å². The molecule has 122 valence electrons. The first-order valence-corrected chi connectivity index (χ1v) is 8.01. The molecule has 0 spiro atoms. The summed E-state index contributed by atoms with van der Waals surface area (Å²) in [6.07, 6.45) is -0.259. The number of carbonyl (C=O) groups is 1. The summed E-state index contributed by atoms with van der Waals surface area (Å²) in [6, 6.07) is 15.2. The first-order valence-electron chi connectivity index (χ1n) is 7.26. The van der Waals surface area contributed by atoms with Crippen LogP contribution in [0, 0.1) is 6.92 Å². The summed E-state index contributed by atoms with van der Waals surface area (Å²) in [5, 5.41) is 16.1. The molecule has 1 heterocycles. The number of rotatable bonds is 4. The van der Waals surface area contributed by atoms with E-state index in [1.165, 1.54) is 4.68 Å². The van der Waals surface area contributed by atoms with Crippen molar-refractivity contribution < 1.29 is 9.90 Å². The zero-order valence-corrected chi connectivity index (χ0v) is 14.3. The second-order valence-electron chi connectivity index (χ2n) is 5.37. The van der Waals surface area contributed by atoms with Gasteiger partial charge < -0.3 is 9.90 Å². The summed E-state index contributed by atoms with van der Waals surface area (Å²) in [5.41, 5.74) is 3.81. The molecule has 6 heteroatoms. The molecule has 24 heavy (non-hydrogen) atoms. The SMILES string of the molecule is Cc1nn(-c2ccc(-c3cccc(Cl)c3)cc2)c(Cl)c1CC(=O)[O-]. The molecule has 0 saturated heterocycles. The van der Waals surface area contributed by atoms with Crippen LogP contribution in [0.2, 0.25) is 10.2 Å². The van der Waals surface area contributed by atoms with Gasteiger partial charge in [0.2, 0.25) is 0 Å². The molecule has 0 atom stereocenters. The molecule has 0 aliphatic heterocycles. The lowest BCUT2D eigenvalue weighted by Crippen LogP contribution is -2.24. The molecule has 3 rings (SSSR count). The molecule has 0 unspecified atom stereocenters. The molecule has 0 aliphatic carbocycles. The summed E-state index contributed by atoms with van der Waals surface area (Å²) < 4.78 is 1.52. The van der Waals surface area contributed by atoms with Crippen LogP contribution in [0.25, 0.3) is 16.8 Å². The third-order valence-corrected chi connectivity index (χ3v) is 4.34. The number of carboxylic acids is 1. The molecular formula is C18H13Cl2N2O2-. The highest BCUT2D eigenvalue weighted by atomic mass is 35.5. The topological polar surface area (TPSA) is 58.0 Å². The van der Waals surface area contributed by atoms with E-state index in [0.717, 1.165) is 16.8 Å². The molecule has 3 aromatic rings. The van der Waals surface area contributed by atoms with Gasteiger partial charge in [-0.15, -0.1) is 0 Å². The van der Waals surface area contributed by atoms with Crippen molar-refractivity contribution in [1.82, 2.24) is 9.78 Å². The third-order valence-electron chi connectivity index (χ3n) is 3.71. The lowest BCUT2D eigenvalue weighted by Gasteiger charge is -2.07.